The van der Waals surface area contributed by atoms with Crippen molar-refractivity contribution in [1.29, 1.82) is 0 Å². The van der Waals surface area contributed by atoms with Crippen LogP contribution in [-0.2, 0) is 0 Å². The molecular weight excluding hydrogens is 191 g/mol. The largest absolute Gasteiger partial charge is 0.395 e. The van der Waals surface area contributed by atoms with Crippen LogP contribution in [0.1, 0.15) is 26.2 Å². The second-order valence-electron chi connectivity index (χ2n) is 4.33. The summed E-state index contributed by atoms with van der Waals surface area (Å²) >= 11 is 0. The van der Waals surface area contributed by atoms with Crippen LogP contribution < -0.4 is 11.1 Å². The van der Waals surface area contributed by atoms with E-state index in [4.69, 9.17) is 5.73 Å². The predicted molar refractivity (Wildman–Crippen MR) is 61.2 cm³/mol. The number of nitrogens with one attached hydrogen (secondary N) is 1. The summed E-state index contributed by atoms with van der Waals surface area (Å²) in [6, 6.07) is 5.27. The standard InChI is InChI=1S/C12H17FN2/c1-8(9-4-2-5-9)15-11-7-3-6-10(13)12(11)14/h3,6-9,15H,2,4-5,14H2,1H3. The van der Waals surface area contributed by atoms with Crippen LogP contribution in [0, 0.1) is 11.7 Å². The van der Waals surface area contributed by atoms with E-state index < -0.39 is 0 Å². The fraction of sp³-hybridized carbons (Fsp3) is 0.500. The summed E-state index contributed by atoms with van der Waals surface area (Å²) in [6.07, 6.45) is 3.85. The van der Waals surface area contributed by atoms with E-state index in [1.54, 1.807) is 6.07 Å². The number of hydrogen-bond donors (Lipinski definition) is 2. The van der Waals surface area contributed by atoms with Gasteiger partial charge in [0.1, 0.15) is 5.82 Å². The van der Waals surface area contributed by atoms with E-state index >= 15 is 0 Å². The molecule has 15 heavy (non-hydrogen) atoms. The molecule has 0 bridgehead atoms. The van der Waals surface area contributed by atoms with E-state index in [1.165, 1.54) is 25.3 Å². The number of rotatable bonds is 3. The lowest BCUT2D eigenvalue weighted by Gasteiger charge is -2.32. The van der Waals surface area contributed by atoms with Crippen molar-refractivity contribution in [2.45, 2.75) is 32.2 Å². The van der Waals surface area contributed by atoms with Gasteiger partial charge < -0.3 is 11.1 Å². The van der Waals surface area contributed by atoms with Crippen LogP contribution in [-0.4, -0.2) is 6.04 Å². The van der Waals surface area contributed by atoms with Gasteiger partial charge >= 0.3 is 0 Å². The average Bonchev–Trinajstić information content (AvgIpc) is 2.10. The number of nitrogens with two attached hydrogens (primary N) is 1. The fourth-order valence-electron chi connectivity index (χ4n) is 1.97. The zero-order valence-electron chi connectivity index (χ0n) is 8.96. The molecule has 3 N–H and O–H groups in total. The van der Waals surface area contributed by atoms with Crippen molar-refractivity contribution in [3.63, 3.8) is 0 Å². The van der Waals surface area contributed by atoms with Gasteiger partial charge in [0, 0.05) is 6.04 Å². The van der Waals surface area contributed by atoms with E-state index in [0.29, 0.717) is 12.0 Å². The van der Waals surface area contributed by atoms with Gasteiger partial charge in [0.05, 0.1) is 11.4 Å². The quantitative estimate of drug-likeness (QED) is 0.749. The molecule has 1 saturated carbocycles. The first-order valence-corrected chi connectivity index (χ1v) is 5.49. The molecule has 2 nitrogen and oxygen atoms in total. The molecule has 1 aliphatic carbocycles. The zero-order chi connectivity index (χ0) is 10.8. The highest BCUT2D eigenvalue weighted by molar-refractivity contribution is 5.66. The van der Waals surface area contributed by atoms with E-state index in [0.717, 1.165) is 5.69 Å². The van der Waals surface area contributed by atoms with Gasteiger partial charge in [-0.3, -0.25) is 0 Å². The molecule has 1 aromatic carbocycles. The predicted octanol–water partition coefficient (Wildman–Crippen LogP) is 3.01. The molecule has 0 aromatic heterocycles. The molecule has 1 atom stereocenters. The Bertz CT molecular complexity index is 347. The summed E-state index contributed by atoms with van der Waals surface area (Å²) in [6.45, 7) is 2.13. The highest BCUT2D eigenvalue weighted by Crippen LogP contribution is 2.32. The Kier molecular flexibility index (Phi) is 2.80. The fourth-order valence-corrected chi connectivity index (χ4v) is 1.97. The maximum absolute atomic E-state index is 13.2. The molecule has 3 heteroatoms. The van der Waals surface area contributed by atoms with Crippen LogP contribution in [0.5, 0.6) is 0 Å². The lowest BCUT2D eigenvalue weighted by Crippen LogP contribution is -2.31. The van der Waals surface area contributed by atoms with Crippen LogP contribution in [0.25, 0.3) is 0 Å². The molecule has 1 aliphatic rings. The summed E-state index contributed by atoms with van der Waals surface area (Å²) in [7, 11) is 0. The molecule has 0 amide bonds. The van der Waals surface area contributed by atoms with Crippen molar-refractivity contribution >= 4 is 11.4 Å². The molecule has 2 rings (SSSR count). The van der Waals surface area contributed by atoms with Crippen LogP contribution in [0.2, 0.25) is 0 Å². The number of anilines is 2. The summed E-state index contributed by atoms with van der Waals surface area (Å²) in [5, 5.41) is 3.29. The highest BCUT2D eigenvalue weighted by atomic mass is 19.1. The van der Waals surface area contributed by atoms with Gasteiger partial charge in [-0.05, 0) is 37.8 Å². The minimum absolute atomic E-state index is 0.226. The first kappa shape index (κ1) is 10.3. The van der Waals surface area contributed by atoms with E-state index in [1.807, 2.05) is 6.07 Å². The summed E-state index contributed by atoms with van der Waals surface area (Å²) in [5.41, 5.74) is 6.60. The van der Waals surface area contributed by atoms with Gasteiger partial charge in [0.2, 0.25) is 0 Å². The molecule has 1 fully saturated rings. The Morgan fingerprint density at radius 2 is 2.20 bits per heavy atom. The monoisotopic (exact) mass is 208 g/mol. The lowest BCUT2D eigenvalue weighted by atomic mass is 9.80. The third kappa shape index (κ3) is 2.06. The molecular formula is C12H17FN2. The van der Waals surface area contributed by atoms with Crippen molar-refractivity contribution in [3.05, 3.63) is 24.0 Å². The Labute approximate surface area is 89.7 Å². The maximum atomic E-state index is 13.2. The third-order valence-corrected chi connectivity index (χ3v) is 3.29. The first-order valence-electron chi connectivity index (χ1n) is 5.49. The first-order chi connectivity index (χ1) is 7.18. The van der Waals surface area contributed by atoms with E-state index in [-0.39, 0.29) is 11.5 Å². The smallest absolute Gasteiger partial charge is 0.148 e. The number of para-hydroxylation sites is 1. The van der Waals surface area contributed by atoms with Crippen molar-refractivity contribution in [3.8, 4) is 0 Å². The number of hydrogen-bond acceptors (Lipinski definition) is 2. The normalized spacial score (nSPS) is 18.3. The SMILES string of the molecule is CC(Nc1cccc(F)c1N)C1CCC1. The Balaban J connectivity index is 2.06. The minimum Gasteiger partial charge on any atom is -0.395 e. The highest BCUT2D eigenvalue weighted by Gasteiger charge is 2.24. The Hall–Kier alpha value is -1.25. The zero-order valence-corrected chi connectivity index (χ0v) is 8.96. The molecule has 0 spiro atoms. The van der Waals surface area contributed by atoms with Crippen molar-refractivity contribution in [2.75, 3.05) is 11.1 Å². The number of halogens is 1. The van der Waals surface area contributed by atoms with Gasteiger partial charge in [-0.1, -0.05) is 12.5 Å². The molecule has 0 heterocycles. The maximum Gasteiger partial charge on any atom is 0.148 e. The minimum atomic E-state index is -0.346. The van der Waals surface area contributed by atoms with Gasteiger partial charge in [-0.2, -0.15) is 0 Å². The number of benzene rings is 1. The van der Waals surface area contributed by atoms with Crippen LogP contribution in [0.15, 0.2) is 18.2 Å². The van der Waals surface area contributed by atoms with Gasteiger partial charge in [-0.25, -0.2) is 4.39 Å². The average molecular weight is 208 g/mol. The van der Waals surface area contributed by atoms with Crippen LogP contribution >= 0.6 is 0 Å². The van der Waals surface area contributed by atoms with Crippen molar-refractivity contribution in [2.24, 2.45) is 5.92 Å². The van der Waals surface area contributed by atoms with Crippen LogP contribution in [0.4, 0.5) is 15.8 Å². The van der Waals surface area contributed by atoms with E-state index in [2.05, 4.69) is 12.2 Å². The second kappa shape index (κ2) is 4.09. The van der Waals surface area contributed by atoms with E-state index in [9.17, 15) is 4.39 Å². The molecule has 0 saturated heterocycles. The Morgan fingerprint density at radius 1 is 1.47 bits per heavy atom. The van der Waals surface area contributed by atoms with Crippen LogP contribution in [0.3, 0.4) is 0 Å². The third-order valence-electron chi connectivity index (χ3n) is 3.29. The summed E-state index contributed by atoms with van der Waals surface area (Å²) in [5.74, 6) is 0.369. The summed E-state index contributed by atoms with van der Waals surface area (Å²) < 4.78 is 13.2. The summed E-state index contributed by atoms with van der Waals surface area (Å²) in [4.78, 5) is 0. The second-order valence-corrected chi connectivity index (χ2v) is 4.33. The van der Waals surface area contributed by atoms with Gasteiger partial charge in [0.25, 0.3) is 0 Å². The number of nitrogen functional groups attached to an aromatic ring is 1. The lowest BCUT2D eigenvalue weighted by molar-refractivity contribution is 0.285. The molecule has 0 aliphatic heterocycles. The molecule has 1 unspecified atom stereocenters. The topological polar surface area (TPSA) is 38.0 Å². The van der Waals surface area contributed by atoms with Crippen molar-refractivity contribution < 1.29 is 4.39 Å². The van der Waals surface area contributed by atoms with Gasteiger partial charge in [-0.15, -0.1) is 0 Å². The molecule has 1 aromatic rings. The van der Waals surface area contributed by atoms with Crippen molar-refractivity contribution in [1.82, 2.24) is 0 Å². The molecule has 82 valence electrons. The Morgan fingerprint density at radius 3 is 2.80 bits per heavy atom. The molecule has 0 radical (unpaired) electrons. The van der Waals surface area contributed by atoms with Gasteiger partial charge in [0.15, 0.2) is 0 Å².